The lowest BCUT2D eigenvalue weighted by Gasteiger charge is -2.30. The van der Waals surface area contributed by atoms with Crippen LogP contribution in [0.15, 0.2) is 192 Å². The van der Waals surface area contributed by atoms with Gasteiger partial charge in [0, 0.05) is 49.6 Å². The van der Waals surface area contributed by atoms with E-state index in [1.807, 2.05) is 0 Å². The average molecular weight is 794 g/mol. The van der Waals surface area contributed by atoms with Crippen molar-refractivity contribution in [2.45, 2.75) is 38.5 Å². The monoisotopic (exact) mass is 793 g/mol. The van der Waals surface area contributed by atoms with Crippen LogP contribution in [0, 0.1) is 0 Å². The molecule has 13 rings (SSSR count). The first-order valence-corrected chi connectivity index (χ1v) is 21.8. The molecule has 0 spiro atoms. The Morgan fingerprint density at radius 1 is 0.323 bits per heavy atom. The van der Waals surface area contributed by atoms with E-state index in [9.17, 15) is 0 Å². The van der Waals surface area contributed by atoms with Gasteiger partial charge in [-0.25, -0.2) is 0 Å². The Bertz CT molecular complexity index is 3600. The first-order valence-electron chi connectivity index (χ1n) is 21.8. The van der Waals surface area contributed by atoms with E-state index in [2.05, 4.69) is 221 Å². The number of hydrogen-bond donors (Lipinski definition) is 0. The van der Waals surface area contributed by atoms with Crippen LogP contribution in [0.3, 0.4) is 0 Å². The van der Waals surface area contributed by atoms with Crippen LogP contribution >= 0.6 is 0 Å². The summed E-state index contributed by atoms with van der Waals surface area (Å²) in [6, 6.07) is 69.9. The van der Waals surface area contributed by atoms with Crippen molar-refractivity contribution in [2.75, 3.05) is 4.90 Å². The maximum absolute atomic E-state index is 7.28. The van der Waals surface area contributed by atoms with Gasteiger partial charge in [-0.2, -0.15) is 0 Å². The third kappa shape index (κ3) is 4.75. The molecule has 0 saturated carbocycles. The second-order valence-electron chi connectivity index (χ2n) is 18.4. The van der Waals surface area contributed by atoms with Gasteiger partial charge in [0.15, 0.2) is 0 Å². The van der Waals surface area contributed by atoms with Gasteiger partial charge in [0.2, 0.25) is 0 Å². The van der Waals surface area contributed by atoms with Crippen molar-refractivity contribution in [3.63, 3.8) is 0 Å². The molecule has 2 nitrogen and oxygen atoms in total. The zero-order valence-corrected chi connectivity index (χ0v) is 35.3. The molecule has 0 fully saturated rings. The topological polar surface area (TPSA) is 16.4 Å². The normalized spacial score (nSPS) is 14.4. The summed E-state index contributed by atoms with van der Waals surface area (Å²) in [5.74, 6) is 0. The Morgan fingerprint density at radius 3 is 1.45 bits per heavy atom. The van der Waals surface area contributed by atoms with Crippen molar-refractivity contribution in [1.29, 1.82) is 0 Å². The maximum atomic E-state index is 7.28. The van der Waals surface area contributed by atoms with E-state index in [1.54, 1.807) is 0 Å². The number of anilines is 3. The lowest BCUT2D eigenvalue weighted by atomic mass is 9.82. The van der Waals surface area contributed by atoms with Crippen LogP contribution < -0.4 is 4.90 Å². The van der Waals surface area contributed by atoms with Crippen molar-refractivity contribution in [3.8, 4) is 33.4 Å². The average Bonchev–Trinajstić information content (AvgIpc) is 3.89. The van der Waals surface area contributed by atoms with Crippen LogP contribution in [0.1, 0.15) is 49.9 Å². The van der Waals surface area contributed by atoms with Crippen molar-refractivity contribution in [2.24, 2.45) is 0 Å². The van der Waals surface area contributed by atoms with Gasteiger partial charge in [0.1, 0.15) is 11.2 Å². The molecule has 10 aromatic carbocycles. The van der Waals surface area contributed by atoms with Crippen LogP contribution in [0.5, 0.6) is 0 Å². The van der Waals surface area contributed by atoms with E-state index in [0.29, 0.717) is 0 Å². The molecule has 62 heavy (non-hydrogen) atoms. The zero-order valence-electron chi connectivity index (χ0n) is 35.3. The van der Waals surface area contributed by atoms with Gasteiger partial charge in [-0.15, -0.1) is 0 Å². The predicted octanol–water partition coefficient (Wildman–Crippen LogP) is 16.8. The Hall–Kier alpha value is -7.42. The standard InChI is InChI=1S/C60H43NO/c1-59(2)52-26-13-11-21-44(52)46-30-28-37(34-54(46)59)61(38-29-31-47-45-22-12-14-27-53(45)60(3,4)55(47)35-38)39-32-50(41-25-15-17-36-16-5-6-18-40(36)41)57-51(33-39)56-48-23-9-7-19-42(48)43-20-8-10-24-49(43)58(56)62-57/h5-35H,1-4H3. The Kier molecular flexibility index (Phi) is 7.16. The minimum Gasteiger partial charge on any atom is -0.455 e. The van der Waals surface area contributed by atoms with Gasteiger partial charge in [-0.3, -0.25) is 0 Å². The number of fused-ring (bicyclic) bond motifs is 15. The van der Waals surface area contributed by atoms with E-state index in [-0.39, 0.29) is 10.8 Å². The molecule has 0 amide bonds. The zero-order chi connectivity index (χ0) is 41.5. The van der Waals surface area contributed by atoms with Crippen LogP contribution in [0.4, 0.5) is 17.1 Å². The third-order valence-electron chi connectivity index (χ3n) is 14.4. The summed E-state index contributed by atoms with van der Waals surface area (Å²) in [6.45, 7) is 9.49. The van der Waals surface area contributed by atoms with Crippen molar-refractivity contribution in [1.82, 2.24) is 0 Å². The third-order valence-corrected chi connectivity index (χ3v) is 14.4. The van der Waals surface area contributed by atoms with E-state index >= 15 is 0 Å². The minimum absolute atomic E-state index is 0.159. The summed E-state index contributed by atoms with van der Waals surface area (Å²) >= 11 is 0. The molecule has 2 heteroatoms. The number of nitrogens with zero attached hydrogens (tertiary/aromatic N) is 1. The van der Waals surface area contributed by atoms with Crippen molar-refractivity contribution in [3.05, 3.63) is 210 Å². The smallest absolute Gasteiger partial charge is 0.143 e. The van der Waals surface area contributed by atoms with Crippen LogP contribution in [-0.2, 0) is 10.8 Å². The fourth-order valence-electron chi connectivity index (χ4n) is 11.4. The molecule has 0 aliphatic heterocycles. The molecule has 1 heterocycles. The van der Waals surface area contributed by atoms with E-state index in [4.69, 9.17) is 4.42 Å². The summed E-state index contributed by atoms with van der Waals surface area (Å²) in [5.41, 5.74) is 17.8. The van der Waals surface area contributed by atoms with Crippen LogP contribution in [0.2, 0.25) is 0 Å². The van der Waals surface area contributed by atoms with E-state index in [1.165, 1.54) is 71.4 Å². The maximum Gasteiger partial charge on any atom is 0.143 e. The summed E-state index contributed by atoms with van der Waals surface area (Å²) in [4.78, 5) is 2.51. The number of benzene rings is 10. The lowest BCUT2D eigenvalue weighted by molar-refractivity contribution is 0.660. The molecule has 0 atom stereocenters. The minimum atomic E-state index is -0.159. The summed E-state index contributed by atoms with van der Waals surface area (Å²) in [5, 5.41) is 9.41. The van der Waals surface area contributed by atoms with Gasteiger partial charge in [-0.1, -0.05) is 179 Å². The first kappa shape index (κ1) is 35.3. The summed E-state index contributed by atoms with van der Waals surface area (Å²) in [7, 11) is 0. The molecule has 11 aromatic rings. The molecular formula is C60H43NO. The van der Waals surface area contributed by atoms with E-state index < -0.39 is 0 Å². The van der Waals surface area contributed by atoms with Gasteiger partial charge >= 0.3 is 0 Å². The fraction of sp³-hybridized carbons (Fsp3) is 0.100. The highest BCUT2D eigenvalue weighted by Gasteiger charge is 2.38. The van der Waals surface area contributed by atoms with Crippen molar-refractivity contribution >= 4 is 71.3 Å². The van der Waals surface area contributed by atoms with Crippen molar-refractivity contribution < 1.29 is 4.42 Å². The fourth-order valence-corrected chi connectivity index (χ4v) is 11.4. The number of furan rings is 1. The molecule has 294 valence electrons. The molecule has 0 N–H and O–H groups in total. The predicted molar refractivity (Wildman–Crippen MR) is 261 cm³/mol. The van der Waals surface area contributed by atoms with Gasteiger partial charge < -0.3 is 9.32 Å². The molecule has 2 aliphatic carbocycles. The summed E-state index contributed by atoms with van der Waals surface area (Å²) in [6.07, 6.45) is 0. The lowest BCUT2D eigenvalue weighted by Crippen LogP contribution is -2.18. The SMILES string of the molecule is CC1(C)c2ccccc2-c2ccc(N(c3ccc4c(c3)C(C)(C)c3ccccc3-4)c3cc(-c4cccc5ccccc45)c4oc5c6ccccc6c6ccccc6c5c4c3)cc21. The van der Waals surface area contributed by atoms with Crippen LogP contribution in [-0.4, -0.2) is 0 Å². The number of rotatable bonds is 4. The van der Waals surface area contributed by atoms with Gasteiger partial charge in [0.05, 0.1) is 0 Å². The highest BCUT2D eigenvalue weighted by Crippen LogP contribution is 2.54. The Labute approximate surface area is 361 Å². The number of hydrogen-bond acceptors (Lipinski definition) is 2. The molecule has 0 unspecified atom stereocenters. The Morgan fingerprint density at radius 2 is 0.806 bits per heavy atom. The Balaban J connectivity index is 1.15. The highest BCUT2D eigenvalue weighted by molar-refractivity contribution is 6.31. The molecule has 0 radical (unpaired) electrons. The van der Waals surface area contributed by atoms with Gasteiger partial charge in [0.25, 0.3) is 0 Å². The largest absolute Gasteiger partial charge is 0.455 e. The van der Waals surface area contributed by atoms with E-state index in [0.717, 1.165) is 55.5 Å². The molecule has 1 aromatic heterocycles. The highest BCUT2D eigenvalue weighted by atomic mass is 16.3. The van der Waals surface area contributed by atoms with Crippen LogP contribution in [0.25, 0.3) is 87.6 Å². The second-order valence-corrected chi connectivity index (χ2v) is 18.4. The quantitative estimate of drug-likeness (QED) is 0.165. The molecule has 0 saturated heterocycles. The van der Waals surface area contributed by atoms with Gasteiger partial charge in [-0.05, 0) is 113 Å². The molecule has 0 bridgehead atoms. The summed E-state index contributed by atoms with van der Waals surface area (Å²) < 4.78 is 7.28. The molecule has 2 aliphatic rings. The first-order chi connectivity index (χ1) is 30.3. The molecular weight excluding hydrogens is 751 g/mol. The second kappa shape index (κ2) is 12.6.